The molecule has 0 bridgehead atoms. The van der Waals surface area contributed by atoms with E-state index in [1.807, 2.05) is 22.6 Å². The molecule has 1 aromatic heterocycles. The molecule has 0 amide bonds. The lowest BCUT2D eigenvalue weighted by Crippen LogP contribution is -2.34. The summed E-state index contributed by atoms with van der Waals surface area (Å²) >= 11 is 5.02. The summed E-state index contributed by atoms with van der Waals surface area (Å²) in [6, 6.07) is 1.09. The predicted molar refractivity (Wildman–Crippen MR) is 90.1 cm³/mol. The highest BCUT2D eigenvalue weighted by molar-refractivity contribution is 14.1. The Balaban J connectivity index is 2.57. The number of methoxy groups -OCH3 is 1. The molecule has 0 radical (unpaired) electrons. The van der Waals surface area contributed by atoms with Crippen LogP contribution in [-0.2, 0) is 4.74 Å². The van der Waals surface area contributed by atoms with Gasteiger partial charge in [0.25, 0.3) is 5.56 Å². The molecule has 1 aromatic carbocycles. The summed E-state index contributed by atoms with van der Waals surface area (Å²) in [6.45, 7) is 2.01. The van der Waals surface area contributed by atoms with Crippen LogP contribution in [0, 0.1) is 9.39 Å². The summed E-state index contributed by atoms with van der Waals surface area (Å²) in [6.07, 6.45) is 0. The number of hydrogen-bond donors (Lipinski definition) is 0. The maximum atomic E-state index is 14.3. The Hall–Kier alpha value is -1.16. The van der Waals surface area contributed by atoms with E-state index in [-0.39, 0.29) is 28.4 Å². The molecule has 2 heterocycles. The lowest BCUT2D eigenvalue weighted by atomic mass is 10.1. The molecule has 0 saturated heterocycles. The van der Waals surface area contributed by atoms with E-state index in [2.05, 4.69) is 20.7 Å². The number of halogens is 3. The smallest absolute Gasteiger partial charge is 0.343 e. The molecule has 0 fully saturated rings. The lowest BCUT2D eigenvalue weighted by Gasteiger charge is -2.27. The highest BCUT2D eigenvalue weighted by atomic mass is 127. The van der Waals surface area contributed by atoms with Crippen molar-refractivity contribution in [1.82, 2.24) is 4.57 Å². The van der Waals surface area contributed by atoms with Crippen LogP contribution in [0.15, 0.2) is 15.3 Å². The number of rotatable bonds is 1. The van der Waals surface area contributed by atoms with Crippen LogP contribution in [0.5, 0.6) is 5.75 Å². The summed E-state index contributed by atoms with van der Waals surface area (Å²) in [5, 5.41) is 0.447. The Morgan fingerprint density at radius 1 is 1.59 bits per heavy atom. The van der Waals surface area contributed by atoms with E-state index < -0.39 is 17.3 Å². The highest BCUT2D eigenvalue weighted by Crippen LogP contribution is 2.42. The van der Waals surface area contributed by atoms with Crippen molar-refractivity contribution < 1.29 is 18.7 Å². The Morgan fingerprint density at radius 3 is 2.91 bits per heavy atom. The van der Waals surface area contributed by atoms with Gasteiger partial charge in [-0.05, 0) is 51.5 Å². The predicted octanol–water partition coefficient (Wildman–Crippen LogP) is 3.25. The number of carbonyl (C=O) groups is 1. The topological polar surface area (TPSA) is 57.5 Å². The third-order valence-electron chi connectivity index (χ3n) is 3.59. The van der Waals surface area contributed by atoms with Crippen molar-refractivity contribution in [3.8, 4) is 5.75 Å². The van der Waals surface area contributed by atoms with Crippen molar-refractivity contribution in [2.45, 2.75) is 13.0 Å². The van der Waals surface area contributed by atoms with E-state index in [1.165, 1.54) is 17.7 Å². The molecule has 0 unspecified atom stereocenters. The molecule has 8 heteroatoms. The van der Waals surface area contributed by atoms with Gasteiger partial charge in [0.15, 0.2) is 11.6 Å². The van der Waals surface area contributed by atoms with Crippen LogP contribution in [0.4, 0.5) is 4.39 Å². The molecule has 1 atom stereocenters. The van der Waals surface area contributed by atoms with Crippen molar-refractivity contribution in [2.75, 3.05) is 13.7 Å². The minimum atomic E-state index is -0.741. The lowest BCUT2D eigenvalue weighted by molar-refractivity contribution is 0.0597. The second kappa shape index (κ2) is 5.48. The Kier molecular flexibility index (Phi) is 3.92. The Morgan fingerprint density at radius 2 is 2.27 bits per heavy atom. The average molecular weight is 482 g/mol. The van der Waals surface area contributed by atoms with Gasteiger partial charge in [0.05, 0.1) is 26.7 Å². The largest absolute Gasteiger partial charge is 0.488 e. The Labute approximate surface area is 146 Å². The number of carbonyl (C=O) groups excluding carboxylic acids is 1. The maximum absolute atomic E-state index is 14.3. The number of aromatic nitrogens is 1. The van der Waals surface area contributed by atoms with Crippen molar-refractivity contribution in [2.24, 2.45) is 0 Å². The fraction of sp³-hybridized carbons (Fsp3) is 0.286. The molecule has 0 N–H and O–H groups in total. The van der Waals surface area contributed by atoms with Crippen molar-refractivity contribution in [3.63, 3.8) is 0 Å². The van der Waals surface area contributed by atoms with Gasteiger partial charge in [0.2, 0.25) is 0 Å². The molecule has 1 aliphatic rings. The van der Waals surface area contributed by atoms with Crippen LogP contribution in [0.1, 0.15) is 23.3 Å². The molecule has 5 nitrogen and oxygen atoms in total. The van der Waals surface area contributed by atoms with Gasteiger partial charge >= 0.3 is 5.97 Å². The van der Waals surface area contributed by atoms with Crippen LogP contribution < -0.4 is 10.3 Å². The van der Waals surface area contributed by atoms with Crippen molar-refractivity contribution in [1.29, 1.82) is 0 Å². The summed E-state index contributed by atoms with van der Waals surface area (Å²) < 4.78 is 26.5. The zero-order valence-corrected chi connectivity index (χ0v) is 15.3. The number of ether oxygens (including phenoxy) is 2. The van der Waals surface area contributed by atoms with Crippen LogP contribution in [0.25, 0.3) is 10.9 Å². The molecule has 0 spiro atoms. The molecular weight excluding hydrogens is 472 g/mol. The Bertz CT molecular complexity index is 880. The first-order valence-corrected chi connectivity index (χ1v) is 8.22. The molecule has 0 aliphatic carbocycles. The fourth-order valence-electron chi connectivity index (χ4n) is 2.54. The summed E-state index contributed by atoms with van der Waals surface area (Å²) in [4.78, 5) is 24.5. The first-order valence-electron chi connectivity index (χ1n) is 6.35. The van der Waals surface area contributed by atoms with Gasteiger partial charge in [-0.2, -0.15) is 0 Å². The van der Waals surface area contributed by atoms with E-state index >= 15 is 0 Å². The second-order valence-corrected chi connectivity index (χ2v) is 6.79. The third-order valence-corrected chi connectivity index (χ3v) is 5.35. The number of nitrogens with zero attached hydrogens (tertiary/aromatic N) is 1. The minimum Gasteiger partial charge on any atom is -0.488 e. The number of esters is 1. The third kappa shape index (κ3) is 2.07. The van der Waals surface area contributed by atoms with E-state index in [0.717, 1.165) is 0 Å². The van der Waals surface area contributed by atoms with E-state index in [9.17, 15) is 14.0 Å². The first kappa shape index (κ1) is 15.7. The van der Waals surface area contributed by atoms with Crippen LogP contribution in [-0.4, -0.2) is 24.3 Å². The number of benzene rings is 1. The minimum absolute atomic E-state index is 0.116. The molecule has 2 aromatic rings. The van der Waals surface area contributed by atoms with Gasteiger partial charge in [0.1, 0.15) is 12.2 Å². The zero-order chi connectivity index (χ0) is 16.2. The van der Waals surface area contributed by atoms with E-state index in [1.54, 1.807) is 6.92 Å². The molecule has 3 rings (SSSR count). The molecule has 22 heavy (non-hydrogen) atoms. The van der Waals surface area contributed by atoms with Gasteiger partial charge in [-0.15, -0.1) is 0 Å². The van der Waals surface area contributed by atoms with Gasteiger partial charge in [-0.1, -0.05) is 0 Å². The molecule has 0 saturated carbocycles. The van der Waals surface area contributed by atoms with E-state index in [0.29, 0.717) is 14.5 Å². The number of pyridine rings is 1. The quantitative estimate of drug-likeness (QED) is 0.356. The second-order valence-electron chi connectivity index (χ2n) is 4.92. The zero-order valence-electron chi connectivity index (χ0n) is 11.6. The fourth-order valence-corrected chi connectivity index (χ4v) is 4.09. The summed E-state index contributed by atoms with van der Waals surface area (Å²) in [5.74, 6) is -0.951. The standard InChI is InChI=1S/C14H10BrFINO4/c1-5-4-22-12-8(15)9(16)10(17)6-3-7(14(20)21-2)13(19)18(5)11(6)12/h3,5H,4H2,1-2H3/t5-/m0/s1. The number of hydrogen-bond acceptors (Lipinski definition) is 4. The molecule has 1 aliphatic heterocycles. The maximum Gasteiger partial charge on any atom is 0.343 e. The first-order chi connectivity index (χ1) is 10.4. The molecule has 116 valence electrons. The normalized spacial score (nSPS) is 16.5. The van der Waals surface area contributed by atoms with Crippen molar-refractivity contribution in [3.05, 3.63) is 35.8 Å². The average Bonchev–Trinajstić information content (AvgIpc) is 2.51. The van der Waals surface area contributed by atoms with Gasteiger partial charge in [-0.25, -0.2) is 9.18 Å². The van der Waals surface area contributed by atoms with Gasteiger partial charge < -0.3 is 9.47 Å². The molecular formula is C14H10BrFINO4. The van der Waals surface area contributed by atoms with Crippen molar-refractivity contribution >= 4 is 55.4 Å². The van der Waals surface area contributed by atoms with E-state index in [4.69, 9.17) is 4.74 Å². The van der Waals surface area contributed by atoms with Crippen LogP contribution >= 0.6 is 38.5 Å². The van der Waals surface area contributed by atoms with Crippen LogP contribution in [0.2, 0.25) is 0 Å². The van der Waals surface area contributed by atoms with Crippen LogP contribution in [0.3, 0.4) is 0 Å². The monoisotopic (exact) mass is 481 g/mol. The highest BCUT2D eigenvalue weighted by Gasteiger charge is 2.29. The summed E-state index contributed by atoms with van der Waals surface area (Å²) in [7, 11) is 1.20. The van der Waals surface area contributed by atoms with Gasteiger partial charge in [0, 0.05) is 5.39 Å². The van der Waals surface area contributed by atoms with Gasteiger partial charge in [-0.3, -0.25) is 9.36 Å². The SMILES string of the molecule is COC(=O)c1cc2c(I)c(F)c(Br)c3c2n(c1=O)[C@@H](C)CO3. The summed E-state index contributed by atoms with van der Waals surface area (Å²) in [5.41, 5.74) is -0.103.